The quantitative estimate of drug-likeness (QED) is 0.377. The molecule has 0 spiro atoms. The smallest absolute Gasteiger partial charge is 0.155 e. The van der Waals surface area contributed by atoms with E-state index >= 15 is 0 Å². The summed E-state index contributed by atoms with van der Waals surface area (Å²) in [5, 5.41) is 9.59. The first-order chi connectivity index (χ1) is 15.8. The van der Waals surface area contributed by atoms with E-state index in [4.69, 9.17) is 0 Å². The van der Waals surface area contributed by atoms with Crippen LogP contribution in [0.4, 0.5) is 0 Å². The first-order valence-electron chi connectivity index (χ1n) is 11.3. The number of likely N-dealkylation sites (tertiary alicyclic amines) is 1. The Bertz CT molecular complexity index is 1360. The summed E-state index contributed by atoms with van der Waals surface area (Å²) in [5.41, 5.74) is 9.15. The number of rotatable bonds is 5. The molecule has 1 fully saturated rings. The lowest BCUT2D eigenvalue weighted by atomic mass is 9.88. The number of nitrogens with one attached hydrogen (secondary N) is 2. The Morgan fingerprint density at radius 1 is 1.12 bits per heavy atom. The molecule has 6 rings (SSSR count). The molecule has 6 nitrogen and oxygen atoms in total. The number of aromatic amines is 2. The van der Waals surface area contributed by atoms with Crippen LogP contribution in [0.25, 0.3) is 33.2 Å². The van der Waals surface area contributed by atoms with E-state index in [0.29, 0.717) is 5.92 Å². The van der Waals surface area contributed by atoms with E-state index in [9.17, 15) is 0 Å². The molecule has 0 bridgehead atoms. The third-order valence-corrected chi connectivity index (χ3v) is 7.59. The number of hydrogen-bond acceptors (Lipinski definition) is 5. The second-order valence-electron chi connectivity index (χ2n) is 8.65. The average molecular weight is 443 g/mol. The monoisotopic (exact) mass is 442 g/mol. The molecule has 7 heteroatoms. The summed E-state index contributed by atoms with van der Waals surface area (Å²) in [6, 6.07) is 9.11. The summed E-state index contributed by atoms with van der Waals surface area (Å²) in [4.78, 5) is 16.2. The zero-order chi connectivity index (χ0) is 21.5. The Morgan fingerprint density at radius 3 is 2.84 bits per heavy atom. The number of H-pyrrole nitrogens is 2. The van der Waals surface area contributed by atoms with Crippen LogP contribution >= 0.6 is 11.3 Å². The minimum atomic E-state index is 0.627. The highest BCUT2D eigenvalue weighted by molar-refractivity contribution is 7.09. The lowest BCUT2D eigenvalue weighted by Crippen LogP contribution is -2.32. The van der Waals surface area contributed by atoms with Gasteiger partial charge in [0.05, 0.1) is 17.4 Å². The van der Waals surface area contributed by atoms with E-state index in [1.807, 2.05) is 24.1 Å². The van der Waals surface area contributed by atoms with Crippen LogP contribution in [0.15, 0.2) is 48.4 Å². The number of benzene rings is 1. The first kappa shape index (κ1) is 19.6. The van der Waals surface area contributed by atoms with Gasteiger partial charge in [0.15, 0.2) is 5.65 Å². The van der Waals surface area contributed by atoms with Crippen molar-refractivity contribution in [2.24, 2.45) is 0 Å². The minimum absolute atomic E-state index is 0.627. The molecule has 1 aromatic carbocycles. The fraction of sp³-hybridized carbons (Fsp3) is 0.320. The standard InChI is InChI=1S/C25H26N6S/c1-2-19-21-11-17(16-6-9-31(10-7-16)14-18-12-26-15-32-18)3-4-23(21)29-24(19)20-5-8-27-25-22(20)13-28-30-25/h3-5,8,11-13,15-16,29H,2,6-7,9-10,14H2,1H3,(H,27,28,30). The number of piperidine rings is 1. The number of nitrogens with zero attached hydrogens (tertiary/aromatic N) is 4. The maximum Gasteiger partial charge on any atom is 0.155 e. The van der Waals surface area contributed by atoms with Crippen LogP contribution in [0.5, 0.6) is 0 Å². The van der Waals surface area contributed by atoms with Gasteiger partial charge in [0.25, 0.3) is 0 Å². The number of thiazole rings is 1. The summed E-state index contributed by atoms with van der Waals surface area (Å²) in [6.07, 6.45) is 9.13. The van der Waals surface area contributed by atoms with Crippen LogP contribution in [0.1, 0.15) is 41.7 Å². The molecule has 1 saturated heterocycles. The van der Waals surface area contributed by atoms with Gasteiger partial charge < -0.3 is 4.98 Å². The molecule has 0 amide bonds. The van der Waals surface area contributed by atoms with Crippen molar-refractivity contribution >= 4 is 33.3 Å². The highest BCUT2D eigenvalue weighted by Crippen LogP contribution is 2.37. The summed E-state index contributed by atoms with van der Waals surface area (Å²) in [6.45, 7) is 5.57. The first-order valence-corrected chi connectivity index (χ1v) is 12.2. The molecule has 0 aliphatic carbocycles. The molecule has 5 heterocycles. The molecule has 2 N–H and O–H groups in total. The fourth-order valence-electron chi connectivity index (χ4n) is 5.15. The molecule has 5 aromatic rings. The maximum atomic E-state index is 4.40. The van der Waals surface area contributed by atoms with Gasteiger partial charge in [-0.2, -0.15) is 5.10 Å². The molecule has 1 aliphatic rings. The van der Waals surface area contributed by atoms with Crippen LogP contribution in [-0.4, -0.2) is 43.1 Å². The topological polar surface area (TPSA) is 73.5 Å². The predicted molar refractivity (Wildman–Crippen MR) is 130 cm³/mol. The van der Waals surface area contributed by atoms with Gasteiger partial charge >= 0.3 is 0 Å². The molecule has 32 heavy (non-hydrogen) atoms. The van der Waals surface area contributed by atoms with Gasteiger partial charge in [0, 0.05) is 45.7 Å². The van der Waals surface area contributed by atoms with Crippen LogP contribution in [-0.2, 0) is 13.0 Å². The van der Waals surface area contributed by atoms with Crippen LogP contribution in [0.3, 0.4) is 0 Å². The number of pyridine rings is 1. The van der Waals surface area contributed by atoms with Gasteiger partial charge in [-0.25, -0.2) is 4.98 Å². The molecular formula is C25H26N6S. The number of aromatic nitrogens is 5. The van der Waals surface area contributed by atoms with Crippen molar-refractivity contribution in [2.45, 2.75) is 38.6 Å². The third kappa shape index (κ3) is 3.42. The second-order valence-corrected chi connectivity index (χ2v) is 9.62. The van der Waals surface area contributed by atoms with Crippen molar-refractivity contribution in [2.75, 3.05) is 13.1 Å². The fourth-order valence-corrected chi connectivity index (χ4v) is 5.79. The van der Waals surface area contributed by atoms with Gasteiger partial charge in [0.2, 0.25) is 0 Å². The van der Waals surface area contributed by atoms with Crippen molar-refractivity contribution in [3.8, 4) is 11.3 Å². The SMILES string of the molecule is CCc1c(-c2ccnc3[nH]ncc23)[nH]c2ccc(C3CCN(Cc4cncs4)CC3)cc12. The lowest BCUT2D eigenvalue weighted by molar-refractivity contribution is 0.206. The summed E-state index contributed by atoms with van der Waals surface area (Å²) >= 11 is 1.75. The average Bonchev–Trinajstić information content (AvgIpc) is 3.58. The molecule has 0 radical (unpaired) electrons. The van der Waals surface area contributed by atoms with Crippen molar-refractivity contribution in [3.05, 3.63) is 64.4 Å². The van der Waals surface area contributed by atoms with Gasteiger partial charge in [0.1, 0.15) is 0 Å². The van der Waals surface area contributed by atoms with E-state index in [-0.39, 0.29) is 0 Å². The summed E-state index contributed by atoms with van der Waals surface area (Å²) in [5.74, 6) is 0.627. The molecular weight excluding hydrogens is 416 g/mol. The Hall–Kier alpha value is -3.03. The Kier molecular flexibility index (Phi) is 5.00. The van der Waals surface area contributed by atoms with Crippen LogP contribution in [0.2, 0.25) is 0 Å². The number of aryl methyl sites for hydroxylation is 1. The highest BCUT2D eigenvalue weighted by Gasteiger charge is 2.22. The molecule has 1 aliphatic heterocycles. The zero-order valence-corrected chi connectivity index (χ0v) is 19.0. The van der Waals surface area contributed by atoms with E-state index in [1.54, 1.807) is 11.3 Å². The Balaban J connectivity index is 1.29. The molecule has 4 aromatic heterocycles. The largest absolute Gasteiger partial charge is 0.354 e. The zero-order valence-electron chi connectivity index (χ0n) is 18.1. The highest BCUT2D eigenvalue weighted by atomic mass is 32.1. The number of hydrogen-bond donors (Lipinski definition) is 2. The van der Waals surface area contributed by atoms with Crippen LogP contribution in [0, 0.1) is 0 Å². The van der Waals surface area contributed by atoms with Crippen molar-refractivity contribution < 1.29 is 0 Å². The normalized spacial score (nSPS) is 15.8. The van der Waals surface area contributed by atoms with Gasteiger partial charge in [-0.3, -0.25) is 15.0 Å². The second kappa shape index (κ2) is 8.15. The third-order valence-electron chi connectivity index (χ3n) is 6.83. The Labute approximate surface area is 190 Å². The van der Waals surface area contributed by atoms with E-state index < -0.39 is 0 Å². The minimum Gasteiger partial charge on any atom is -0.354 e. The molecule has 0 atom stereocenters. The Morgan fingerprint density at radius 2 is 2.03 bits per heavy atom. The van der Waals surface area contributed by atoms with E-state index in [0.717, 1.165) is 42.7 Å². The maximum absolute atomic E-state index is 4.40. The van der Waals surface area contributed by atoms with Gasteiger partial charge in [-0.05, 0) is 67.6 Å². The molecule has 0 unspecified atom stereocenters. The summed E-state index contributed by atoms with van der Waals surface area (Å²) in [7, 11) is 0. The van der Waals surface area contributed by atoms with Crippen LogP contribution < -0.4 is 0 Å². The summed E-state index contributed by atoms with van der Waals surface area (Å²) < 4.78 is 0. The molecule has 0 saturated carbocycles. The van der Waals surface area contributed by atoms with Gasteiger partial charge in [-0.1, -0.05) is 13.0 Å². The van der Waals surface area contributed by atoms with E-state index in [2.05, 4.69) is 61.2 Å². The number of fused-ring (bicyclic) bond motifs is 2. The van der Waals surface area contributed by atoms with Crippen molar-refractivity contribution in [3.63, 3.8) is 0 Å². The van der Waals surface area contributed by atoms with Crippen molar-refractivity contribution in [1.82, 2.24) is 30.0 Å². The lowest BCUT2D eigenvalue weighted by Gasteiger charge is -2.31. The van der Waals surface area contributed by atoms with Gasteiger partial charge in [-0.15, -0.1) is 11.3 Å². The molecule has 162 valence electrons. The predicted octanol–water partition coefficient (Wildman–Crippen LogP) is 5.50. The van der Waals surface area contributed by atoms with E-state index in [1.165, 1.54) is 45.4 Å². The van der Waals surface area contributed by atoms with Crippen molar-refractivity contribution in [1.29, 1.82) is 0 Å².